The van der Waals surface area contributed by atoms with Gasteiger partial charge in [-0.2, -0.15) is 0 Å². The van der Waals surface area contributed by atoms with Gasteiger partial charge in [0.15, 0.2) is 6.10 Å². The smallest absolute Gasteiger partial charge is 0.306 e. The van der Waals surface area contributed by atoms with Crippen LogP contribution in [0.25, 0.3) is 0 Å². The molecule has 0 saturated heterocycles. The molecule has 0 radical (unpaired) electrons. The van der Waals surface area contributed by atoms with Crippen molar-refractivity contribution in [2.75, 3.05) is 13.2 Å². The van der Waals surface area contributed by atoms with Crippen molar-refractivity contribution in [1.29, 1.82) is 0 Å². The van der Waals surface area contributed by atoms with Gasteiger partial charge in [0.25, 0.3) is 0 Å². The Morgan fingerprint density at radius 2 is 0.439 bits per heavy atom. The van der Waals surface area contributed by atoms with Gasteiger partial charge in [-0.1, -0.05) is 379 Å². The molecule has 0 spiro atoms. The van der Waals surface area contributed by atoms with Crippen LogP contribution in [-0.4, -0.2) is 37.2 Å². The first-order chi connectivity index (χ1) is 40.5. The molecular formula is C76H144O6. The standard InChI is InChI=1S/C76H144O6/c1-4-7-10-13-16-19-21-23-25-27-29-31-33-35-36-37-38-39-40-42-43-45-47-49-51-53-55-57-60-63-66-69-75(78)81-72-73(71-80-74(77)68-65-62-59-18-15-12-9-6-3)82-76(79)70-67-64-61-58-56-54-52-50-48-46-44-41-34-32-30-28-26-24-22-20-17-14-11-8-5-2/h21,23,27,29,73H,4-20,22,24-26,28,30-72H2,1-3H3/b23-21-,29-27-. The van der Waals surface area contributed by atoms with Gasteiger partial charge in [-0.15, -0.1) is 0 Å². The predicted octanol–water partition coefficient (Wildman–Crippen LogP) is 25.7. The minimum atomic E-state index is -0.765. The van der Waals surface area contributed by atoms with E-state index in [1.807, 2.05) is 0 Å². The summed E-state index contributed by atoms with van der Waals surface area (Å²) in [4.78, 5) is 38.3. The Balaban J connectivity index is 4.01. The molecule has 1 unspecified atom stereocenters. The van der Waals surface area contributed by atoms with E-state index >= 15 is 0 Å². The quantitative estimate of drug-likeness (QED) is 0.0261. The largest absolute Gasteiger partial charge is 0.462 e. The van der Waals surface area contributed by atoms with Gasteiger partial charge in [-0.05, 0) is 51.4 Å². The molecule has 484 valence electrons. The molecule has 0 fully saturated rings. The highest BCUT2D eigenvalue weighted by Gasteiger charge is 2.20. The summed E-state index contributed by atoms with van der Waals surface area (Å²) in [5.41, 5.74) is 0. The topological polar surface area (TPSA) is 78.9 Å². The third kappa shape index (κ3) is 68.7. The van der Waals surface area contributed by atoms with Crippen LogP contribution < -0.4 is 0 Å². The molecule has 0 rings (SSSR count). The zero-order valence-corrected chi connectivity index (χ0v) is 55.8. The van der Waals surface area contributed by atoms with E-state index < -0.39 is 6.10 Å². The molecule has 0 saturated carbocycles. The lowest BCUT2D eigenvalue weighted by atomic mass is 10.0. The minimum absolute atomic E-state index is 0.0636. The van der Waals surface area contributed by atoms with E-state index in [2.05, 4.69) is 45.1 Å². The van der Waals surface area contributed by atoms with Gasteiger partial charge in [0.1, 0.15) is 13.2 Å². The van der Waals surface area contributed by atoms with Crippen LogP contribution >= 0.6 is 0 Å². The van der Waals surface area contributed by atoms with E-state index in [0.717, 1.165) is 64.2 Å². The van der Waals surface area contributed by atoms with Gasteiger partial charge < -0.3 is 14.2 Å². The van der Waals surface area contributed by atoms with Crippen LogP contribution in [0.4, 0.5) is 0 Å². The van der Waals surface area contributed by atoms with E-state index in [1.165, 1.54) is 321 Å². The molecule has 0 aliphatic rings. The maximum atomic E-state index is 12.9. The summed E-state index contributed by atoms with van der Waals surface area (Å²) in [7, 11) is 0. The van der Waals surface area contributed by atoms with Crippen LogP contribution in [0.1, 0.15) is 425 Å². The fourth-order valence-electron chi connectivity index (χ4n) is 11.6. The van der Waals surface area contributed by atoms with Gasteiger partial charge >= 0.3 is 17.9 Å². The van der Waals surface area contributed by atoms with Crippen molar-refractivity contribution < 1.29 is 28.6 Å². The first kappa shape index (κ1) is 79.9. The first-order valence-electron chi connectivity index (χ1n) is 37.3. The Labute approximate surface area is 513 Å². The fraction of sp³-hybridized carbons (Fsp3) is 0.908. The van der Waals surface area contributed by atoms with Crippen molar-refractivity contribution in [3.63, 3.8) is 0 Å². The summed E-state index contributed by atoms with van der Waals surface area (Å²) < 4.78 is 16.9. The number of hydrogen-bond donors (Lipinski definition) is 0. The highest BCUT2D eigenvalue weighted by Crippen LogP contribution is 2.19. The molecule has 0 bridgehead atoms. The SMILES string of the molecule is CCCCCCC/C=C\C/C=C\CCCCCCCCCCCCCCCCCCCCCC(=O)OCC(COC(=O)CCCCCCCCCC)OC(=O)CCCCCCCCCCCCCCCCCCCCCCCCCCC. The maximum absolute atomic E-state index is 12.9. The van der Waals surface area contributed by atoms with Crippen LogP contribution in [0.15, 0.2) is 24.3 Å². The predicted molar refractivity (Wildman–Crippen MR) is 358 cm³/mol. The maximum Gasteiger partial charge on any atom is 0.306 e. The van der Waals surface area contributed by atoms with Gasteiger partial charge in [-0.25, -0.2) is 0 Å². The normalized spacial score (nSPS) is 12.1. The highest BCUT2D eigenvalue weighted by atomic mass is 16.6. The lowest BCUT2D eigenvalue weighted by Crippen LogP contribution is -2.30. The van der Waals surface area contributed by atoms with Crippen LogP contribution in [0.5, 0.6) is 0 Å². The van der Waals surface area contributed by atoms with Crippen LogP contribution in [-0.2, 0) is 28.6 Å². The molecule has 82 heavy (non-hydrogen) atoms. The van der Waals surface area contributed by atoms with Gasteiger partial charge in [-0.3, -0.25) is 14.4 Å². The Morgan fingerprint density at radius 3 is 0.671 bits per heavy atom. The molecule has 0 aliphatic heterocycles. The Morgan fingerprint density at radius 1 is 0.244 bits per heavy atom. The molecule has 0 heterocycles. The Kier molecular flexibility index (Phi) is 69.5. The summed E-state index contributed by atoms with van der Waals surface area (Å²) in [6.07, 6.45) is 88.3. The third-order valence-electron chi connectivity index (χ3n) is 17.2. The first-order valence-corrected chi connectivity index (χ1v) is 37.3. The second kappa shape index (κ2) is 71.4. The molecule has 0 N–H and O–H groups in total. The summed E-state index contributed by atoms with van der Waals surface area (Å²) in [5, 5.41) is 0. The van der Waals surface area contributed by atoms with Gasteiger partial charge in [0, 0.05) is 19.3 Å². The number of carbonyl (C=O) groups excluding carboxylic acids is 3. The lowest BCUT2D eigenvalue weighted by Gasteiger charge is -2.18. The molecule has 0 aromatic carbocycles. The molecule has 6 nitrogen and oxygen atoms in total. The van der Waals surface area contributed by atoms with Crippen LogP contribution in [0, 0.1) is 0 Å². The number of allylic oxidation sites excluding steroid dienone is 4. The molecule has 0 amide bonds. The Hall–Kier alpha value is -2.11. The van der Waals surface area contributed by atoms with Gasteiger partial charge in [0.05, 0.1) is 0 Å². The Bertz CT molecular complexity index is 1320. The zero-order valence-electron chi connectivity index (χ0n) is 55.8. The average molecular weight is 1150 g/mol. The molecular weight excluding hydrogens is 1010 g/mol. The second-order valence-corrected chi connectivity index (χ2v) is 25.6. The number of esters is 3. The summed E-state index contributed by atoms with van der Waals surface area (Å²) in [6, 6.07) is 0. The number of rotatable bonds is 70. The lowest BCUT2D eigenvalue weighted by molar-refractivity contribution is -0.167. The number of hydrogen-bond acceptors (Lipinski definition) is 6. The molecule has 6 heteroatoms. The zero-order chi connectivity index (χ0) is 59.2. The van der Waals surface area contributed by atoms with Crippen molar-refractivity contribution >= 4 is 17.9 Å². The highest BCUT2D eigenvalue weighted by molar-refractivity contribution is 5.71. The van der Waals surface area contributed by atoms with E-state index in [1.54, 1.807) is 0 Å². The molecule has 1 atom stereocenters. The van der Waals surface area contributed by atoms with Crippen LogP contribution in [0.2, 0.25) is 0 Å². The van der Waals surface area contributed by atoms with Crippen molar-refractivity contribution in [2.45, 2.75) is 431 Å². The number of ether oxygens (including phenoxy) is 3. The summed E-state index contributed by atoms with van der Waals surface area (Å²) in [5.74, 6) is -0.834. The van der Waals surface area contributed by atoms with Crippen molar-refractivity contribution in [1.82, 2.24) is 0 Å². The fourth-order valence-corrected chi connectivity index (χ4v) is 11.6. The van der Waals surface area contributed by atoms with Crippen LogP contribution in [0.3, 0.4) is 0 Å². The third-order valence-corrected chi connectivity index (χ3v) is 17.2. The van der Waals surface area contributed by atoms with Gasteiger partial charge in [0.2, 0.25) is 0 Å². The van der Waals surface area contributed by atoms with E-state index in [9.17, 15) is 14.4 Å². The van der Waals surface area contributed by atoms with Crippen molar-refractivity contribution in [3.8, 4) is 0 Å². The van der Waals surface area contributed by atoms with E-state index in [0.29, 0.717) is 19.3 Å². The summed E-state index contributed by atoms with van der Waals surface area (Å²) in [6.45, 7) is 6.69. The molecule has 0 aliphatic carbocycles. The monoisotopic (exact) mass is 1150 g/mol. The van der Waals surface area contributed by atoms with Crippen molar-refractivity contribution in [2.24, 2.45) is 0 Å². The molecule has 0 aromatic heterocycles. The number of carbonyl (C=O) groups is 3. The van der Waals surface area contributed by atoms with Crippen molar-refractivity contribution in [3.05, 3.63) is 24.3 Å². The second-order valence-electron chi connectivity index (χ2n) is 25.6. The van der Waals surface area contributed by atoms with E-state index in [4.69, 9.17) is 14.2 Å². The molecule has 0 aromatic rings. The van der Waals surface area contributed by atoms with E-state index in [-0.39, 0.29) is 31.1 Å². The average Bonchev–Trinajstić information content (AvgIpc) is 3.47. The number of unbranched alkanes of at least 4 members (excludes halogenated alkanes) is 55. The minimum Gasteiger partial charge on any atom is -0.462 e. The summed E-state index contributed by atoms with van der Waals surface area (Å²) >= 11 is 0.